The van der Waals surface area contributed by atoms with Crippen LogP contribution in [0.25, 0.3) is 0 Å². The van der Waals surface area contributed by atoms with Gasteiger partial charge in [-0.15, -0.1) is 0 Å². The molecule has 2 aromatic rings. The molecule has 2 unspecified atom stereocenters. The topological polar surface area (TPSA) is 61.4 Å². The van der Waals surface area contributed by atoms with Crippen molar-refractivity contribution in [2.24, 2.45) is 0 Å². The number of anilines is 1. The second-order valence-corrected chi connectivity index (χ2v) is 5.85. The van der Waals surface area contributed by atoms with Crippen molar-refractivity contribution < 1.29 is 9.90 Å². The predicted octanol–water partition coefficient (Wildman–Crippen LogP) is 3.04. The Labute approximate surface area is 137 Å². The summed E-state index contributed by atoms with van der Waals surface area (Å²) in [6.45, 7) is 4.37. The van der Waals surface area contributed by atoms with Crippen molar-refractivity contribution in [2.75, 3.05) is 11.9 Å². The van der Waals surface area contributed by atoms with Crippen LogP contribution in [0.15, 0.2) is 54.6 Å². The summed E-state index contributed by atoms with van der Waals surface area (Å²) in [6.07, 6.45) is -0.217. The van der Waals surface area contributed by atoms with Crippen molar-refractivity contribution in [3.05, 3.63) is 65.7 Å². The molecule has 0 aromatic heterocycles. The molecule has 0 aliphatic carbocycles. The maximum atomic E-state index is 12.0. The molecule has 2 aromatic carbocycles. The van der Waals surface area contributed by atoms with Crippen molar-refractivity contribution in [1.82, 2.24) is 5.32 Å². The van der Waals surface area contributed by atoms with Gasteiger partial charge in [-0.3, -0.25) is 4.79 Å². The number of aliphatic hydroxyl groups excluding tert-OH is 1. The van der Waals surface area contributed by atoms with Crippen molar-refractivity contribution in [3.63, 3.8) is 0 Å². The Morgan fingerprint density at radius 3 is 2.39 bits per heavy atom. The average Bonchev–Trinajstić information content (AvgIpc) is 2.54. The Bertz CT molecular complexity index is 611. The molecule has 122 valence electrons. The van der Waals surface area contributed by atoms with Crippen LogP contribution in [0.2, 0.25) is 0 Å². The van der Waals surface area contributed by atoms with Gasteiger partial charge in [-0.25, -0.2) is 0 Å². The van der Waals surface area contributed by atoms with E-state index < -0.39 is 6.10 Å². The fourth-order valence-electron chi connectivity index (χ4n) is 2.30. The molecule has 3 N–H and O–H groups in total. The van der Waals surface area contributed by atoms with E-state index in [-0.39, 0.29) is 11.9 Å². The van der Waals surface area contributed by atoms with Crippen LogP contribution in [-0.4, -0.2) is 23.6 Å². The summed E-state index contributed by atoms with van der Waals surface area (Å²) in [6, 6.07) is 17.2. The lowest BCUT2D eigenvalue weighted by Crippen LogP contribution is -2.33. The Hall–Kier alpha value is -2.17. The van der Waals surface area contributed by atoms with E-state index in [1.807, 2.05) is 68.4 Å². The van der Waals surface area contributed by atoms with E-state index in [0.29, 0.717) is 13.0 Å². The fourth-order valence-corrected chi connectivity index (χ4v) is 2.30. The third-order valence-corrected chi connectivity index (χ3v) is 3.67. The Kier molecular flexibility index (Phi) is 6.32. The number of hydrogen-bond acceptors (Lipinski definition) is 3. The monoisotopic (exact) mass is 312 g/mol. The van der Waals surface area contributed by atoms with Crippen LogP contribution < -0.4 is 10.6 Å². The van der Waals surface area contributed by atoms with E-state index in [4.69, 9.17) is 0 Å². The van der Waals surface area contributed by atoms with Gasteiger partial charge in [0.05, 0.1) is 6.10 Å². The number of benzene rings is 2. The lowest BCUT2D eigenvalue weighted by atomic mass is 10.1. The molecule has 2 rings (SSSR count). The van der Waals surface area contributed by atoms with Crippen LogP contribution >= 0.6 is 0 Å². The van der Waals surface area contributed by atoms with Crippen molar-refractivity contribution in [1.29, 1.82) is 0 Å². The Morgan fingerprint density at radius 1 is 1.09 bits per heavy atom. The highest BCUT2D eigenvalue weighted by Crippen LogP contribution is 2.13. The second-order valence-electron chi connectivity index (χ2n) is 5.85. The van der Waals surface area contributed by atoms with Crippen LogP contribution in [-0.2, 0) is 4.79 Å². The van der Waals surface area contributed by atoms with Gasteiger partial charge in [0.25, 0.3) is 0 Å². The number of amides is 1. The number of para-hydroxylation sites is 1. The third-order valence-electron chi connectivity index (χ3n) is 3.67. The number of hydrogen-bond donors (Lipinski definition) is 3. The highest BCUT2D eigenvalue weighted by Gasteiger charge is 2.12. The highest BCUT2D eigenvalue weighted by molar-refractivity contribution is 5.90. The molecule has 0 bridgehead atoms. The number of nitrogens with one attached hydrogen (secondary N) is 2. The summed E-state index contributed by atoms with van der Waals surface area (Å²) < 4.78 is 0. The molecule has 2 atom stereocenters. The molecule has 0 spiro atoms. The minimum Gasteiger partial charge on any atom is -0.387 e. The van der Waals surface area contributed by atoms with Gasteiger partial charge < -0.3 is 15.7 Å². The molecule has 1 amide bonds. The molecule has 23 heavy (non-hydrogen) atoms. The number of rotatable bonds is 7. The maximum absolute atomic E-state index is 12.0. The van der Waals surface area contributed by atoms with Crippen molar-refractivity contribution >= 4 is 11.6 Å². The molecule has 0 radical (unpaired) electrons. The molecule has 0 aliphatic heterocycles. The molecule has 0 fully saturated rings. The summed E-state index contributed by atoms with van der Waals surface area (Å²) >= 11 is 0. The normalized spacial score (nSPS) is 13.3. The van der Waals surface area contributed by atoms with Crippen LogP contribution in [0.4, 0.5) is 5.69 Å². The van der Waals surface area contributed by atoms with Gasteiger partial charge in [-0.2, -0.15) is 0 Å². The van der Waals surface area contributed by atoms with Gasteiger partial charge in [-0.05, 0) is 31.5 Å². The second kappa shape index (κ2) is 8.46. The third kappa shape index (κ3) is 5.85. The van der Waals surface area contributed by atoms with Crippen molar-refractivity contribution in [2.45, 2.75) is 32.4 Å². The van der Waals surface area contributed by atoms with E-state index in [1.165, 1.54) is 5.56 Å². The van der Waals surface area contributed by atoms with Crippen molar-refractivity contribution in [3.8, 4) is 0 Å². The molecule has 0 saturated heterocycles. The summed E-state index contributed by atoms with van der Waals surface area (Å²) in [5.41, 5.74) is 2.84. The zero-order valence-electron chi connectivity index (χ0n) is 13.6. The molecule has 0 aliphatic rings. The van der Waals surface area contributed by atoms with E-state index in [2.05, 4.69) is 10.6 Å². The van der Waals surface area contributed by atoms with Gasteiger partial charge >= 0.3 is 0 Å². The minimum atomic E-state index is -0.574. The molecule has 0 heterocycles. The van der Waals surface area contributed by atoms with Crippen LogP contribution in [0.5, 0.6) is 0 Å². The summed E-state index contributed by atoms with van der Waals surface area (Å²) in [7, 11) is 0. The molecular formula is C19H24N2O2. The number of carbonyl (C=O) groups excluding carboxylic acids is 1. The minimum absolute atomic E-state index is 0.0150. The molecule has 4 heteroatoms. The zero-order chi connectivity index (χ0) is 16.7. The Morgan fingerprint density at radius 2 is 1.74 bits per heavy atom. The molecule has 4 nitrogen and oxygen atoms in total. The van der Waals surface area contributed by atoms with Gasteiger partial charge in [0, 0.05) is 24.7 Å². The first-order chi connectivity index (χ1) is 11.0. The van der Waals surface area contributed by atoms with Gasteiger partial charge in [0.15, 0.2) is 0 Å². The Balaban J connectivity index is 1.75. The van der Waals surface area contributed by atoms with Gasteiger partial charge in [-0.1, -0.05) is 48.0 Å². The first kappa shape index (κ1) is 17.2. The zero-order valence-corrected chi connectivity index (χ0v) is 13.6. The van der Waals surface area contributed by atoms with E-state index >= 15 is 0 Å². The van der Waals surface area contributed by atoms with Gasteiger partial charge in [0.2, 0.25) is 5.91 Å². The summed E-state index contributed by atoms with van der Waals surface area (Å²) in [5, 5.41) is 16.2. The smallest absolute Gasteiger partial charge is 0.225 e. The van der Waals surface area contributed by atoms with Gasteiger partial charge in [0.1, 0.15) is 0 Å². The number of aliphatic hydroxyl groups is 1. The van der Waals surface area contributed by atoms with Crippen LogP contribution in [0, 0.1) is 6.92 Å². The summed E-state index contributed by atoms with van der Waals surface area (Å²) in [5.74, 6) is -0.0407. The maximum Gasteiger partial charge on any atom is 0.225 e. The predicted molar refractivity (Wildman–Crippen MR) is 93.3 cm³/mol. The largest absolute Gasteiger partial charge is 0.387 e. The average molecular weight is 312 g/mol. The summed E-state index contributed by atoms with van der Waals surface area (Å²) in [4.78, 5) is 12.0. The highest BCUT2D eigenvalue weighted by atomic mass is 16.3. The van der Waals surface area contributed by atoms with Crippen LogP contribution in [0.3, 0.4) is 0 Å². The fraction of sp³-hybridized carbons (Fsp3) is 0.316. The van der Waals surface area contributed by atoms with E-state index in [9.17, 15) is 9.90 Å². The lowest BCUT2D eigenvalue weighted by Gasteiger charge is -2.17. The molecular weight excluding hydrogens is 288 g/mol. The first-order valence-corrected chi connectivity index (χ1v) is 7.87. The van der Waals surface area contributed by atoms with E-state index in [0.717, 1.165) is 11.3 Å². The first-order valence-electron chi connectivity index (χ1n) is 7.87. The standard InChI is InChI=1S/C19H24N2O2/c1-14-8-10-16(11-9-14)18(22)13-20-15(2)12-19(23)21-17-6-4-3-5-7-17/h3-11,15,18,20,22H,12-13H2,1-2H3,(H,21,23). The number of aryl methyl sites for hydroxylation is 1. The lowest BCUT2D eigenvalue weighted by molar-refractivity contribution is -0.116. The number of carbonyl (C=O) groups is 1. The quantitative estimate of drug-likeness (QED) is 0.736. The van der Waals surface area contributed by atoms with E-state index in [1.54, 1.807) is 0 Å². The molecule has 0 saturated carbocycles. The SMILES string of the molecule is Cc1ccc(C(O)CNC(C)CC(=O)Nc2ccccc2)cc1. The van der Waals surface area contributed by atoms with Crippen LogP contribution in [0.1, 0.15) is 30.6 Å².